The largest absolute Gasteiger partial charge is 0.346 e. The molecule has 1 heterocycles. The van der Waals surface area contributed by atoms with Crippen molar-refractivity contribution >= 4 is 17.5 Å². The number of hydrogen-bond acceptors (Lipinski definition) is 3. The van der Waals surface area contributed by atoms with Crippen LogP contribution in [0, 0.1) is 11.3 Å². The molecule has 2 amide bonds. The van der Waals surface area contributed by atoms with E-state index in [0.717, 1.165) is 24.2 Å². The highest BCUT2D eigenvalue weighted by Crippen LogP contribution is 2.22. The summed E-state index contributed by atoms with van der Waals surface area (Å²) in [6.45, 7) is 2.64. The molecule has 3 rings (SSSR count). The second-order valence-electron chi connectivity index (χ2n) is 6.12. The Hall–Kier alpha value is -3.13. The van der Waals surface area contributed by atoms with Gasteiger partial charge in [-0.15, -0.1) is 0 Å². The molecule has 0 aromatic heterocycles. The molecule has 1 N–H and O–H groups in total. The summed E-state index contributed by atoms with van der Waals surface area (Å²) < 4.78 is 0. The van der Waals surface area contributed by atoms with Crippen LogP contribution >= 0.6 is 0 Å². The molecule has 5 nitrogen and oxygen atoms in total. The van der Waals surface area contributed by atoms with Gasteiger partial charge in [-0.3, -0.25) is 9.59 Å². The van der Waals surface area contributed by atoms with Gasteiger partial charge in [0.25, 0.3) is 5.91 Å². The molecule has 0 aliphatic carbocycles. The normalized spacial score (nSPS) is 14.9. The highest BCUT2D eigenvalue weighted by Gasteiger charge is 2.21. The lowest BCUT2D eigenvalue weighted by Crippen LogP contribution is -2.27. The fourth-order valence-electron chi connectivity index (χ4n) is 2.92. The highest BCUT2D eigenvalue weighted by atomic mass is 16.2. The van der Waals surface area contributed by atoms with Gasteiger partial charge >= 0.3 is 0 Å². The highest BCUT2D eigenvalue weighted by molar-refractivity contribution is 5.97. The van der Waals surface area contributed by atoms with Crippen molar-refractivity contribution in [2.75, 3.05) is 11.4 Å². The van der Waals surface area contributed by atoms with E-state index in [0.29, 0.717) is 17.5 Å². The van der Waals surface area contributed by atoms with Gasteiger partial charge in [0, 0.05) is 24.2 Å². The summed E-state index contributed by atoms with van der Waals surface area (Å²) in [4.78, 5) is 25.9. The van der Waals surface area contributed by atoms with Crippen LogP contribution in [0.2, 0.25) is 0 Å². The van der Waals surface area contributed by atoms with Crippen molar-refractivity contribution in [2.24, 2.45) is 0 Å². The monoisotopic (exact) mass is 333 g/mol. The van der Waals surface area contributed by atoms with Crippen molar-refractivity contribution in [1.29, 1.82) is 5.26 Å². The number of amides is 2. The Morgan fingerprint density at radius 1 is 1.16 bits per heavy atom. The zero-order valence-corrected chi connectivity index (χ0v) is 14.0. The average molecular weight is 333 g/mol. The van der Waals surface area contributed by atoms with E-state index in [2.05, 4.69) is 11.4 Å². The summed E-state index contributed by atoms with van der Waals surface area (Å²) in [5.74, 6) is -0.0391. The van der Waals surface area contributed by atoms with E-state index < -0.39 is 0 Å². The van der Waals surface area contributed by atoms with Gasteiger partial charge in [0.1, 0.15) is 0 Å². The summed E-state index contributed by atoms with van der Waals surface area (Å²) in [5.41, 5.74) is 2.91. The summed E-state index contributed by atoms with van der Waals surface area (Å²) >= 11 is 0. The van der Waals surface area contributed by atoms with Gasteiger partial charge in [-0.05, 0) is 55.3 Å². The van der Waals surface area contributed by atoms with Gasteiger partial charge in [-0.25, -0.2) is 0 Å². The Balaban J connectivity index is 1.66. The summed E-state index contributed by atoms with van der Waals surface area (Å²) in [6.07, 6.45) is 1.47. The van der Waals surface area contributed by atoms with E-state index in [1.165, 1.54) is 0 Å². The van der Waals surface area contributed by atoms with E-state index in [-0.39, 0.29) is 17.9 Å². The van der Waals surface area contributed by atoms with Crippen LogP contribution in [0.4, 0.5) is 5.69 Å². The predicted octanol–water partition coefficient (Wildman–Crippen LogP) is 3.18. The Morgan fingerprint density at radius 3 is 2.40 bits per heavy atom. The molecular weight excluding hydrogens is 314 g/mol. The molecule has 1 unspecified atom stereocenters. The fourth-order valence-corrected chi connectivity index (χ4v) is 2.92. The minimum absolute atomic E-state index is 0.131. The molecule has 5 heteroatoms. The number of nitrogens with zero attached hydrogens (tertiary/aromatic N) is 2. The summed E-state index contributed by atoms with van der Waals surface area (Å²) in [5, 5.41) is 11.8. The average Bonchev–Trinajstić information content (AvgIpc) is 3.07. The molecular formula is C20H19N3O2. The predicted molar refractivity (Wildman–Crippen MR) is 95.1 cm³/mol. The van der Waals surface area contributed by atoms with Crippen molar-refractivity contribution in [3.63, 3.8) is 0 Å². The third-order valence-electron chi connectivity index (χ3n) is 4.40. The maximum Gasteiger partial charge on any atom is 0.251 e. The first-order chi connectivity index (χ1) is 12.1. The van der Waals surface area contributed by atoms with Crippen LogP contribution in [0.15, 0.2) is 48.5 Å². The van der Waals surface area contributed by atoms with E-state index in [9.17, 15) is 9.59 Å². The Kier molecular flexibility index (Phi) is 4.80. The molecule has 1 aliphatic rings. The van der Waals surface area contributed by atoms with Crippen molar-refractivity contribution in [3.05, 3.63) is 65.2 Å². The first kappa shape index (κ1) is 16.7. The molecule has 0 radical (unpaired) electrons. The first-order valence-electron chi connectivity index (χ1n) is 8.30. The lowest BCUT2D eigenvalue weighted by molar-refractivity contribution is -0.117. The summed E-state index contributed by atoms with van der Waals surface area (Å²) in [6, 6.07) is 16.2. The van der Waals surface area contributed by atoms with E-state index >= 15 is 0 Å². The molecule has 1 fully saturated rings. The second kappa shape index (κ2) is 7.18. The Bertz CT molecular complexity index is 820. The number of carbonyl (C=O) groups excluding carboxylic acids is 2. The molecule has 1 atom stereocenters. The Morgan fingerprint density at radius 2 is 1.84 bits per heavy atom. The maximum atomic E-state index is 12.4. The molecule has 0 saturated carbocycles. The maximum absolute atomic E-state index is 12.4. The van der Waals surface area contributed by atoms with Crippen LogP contribution in [0.5, 0.6) is 0 Å². The van der Waals surface area contributed by atoms with Crippen LogP contribution in [-0.4, -0.2) is 18.4 Å². The number of benzene rings is 2. The zero-order chi connectivity index (χ0) is 17.8. The van der Waals surface area contributed by atoms with E-state index in [4.69, 9.17) is 5.26 Å². The lowest BCUT2D eigenvalue weighted by atomic mass is 10.1. The van der Waals surface area contributed by atoms with Crippen LogP contribution in [0.25, 0.3) is 0 Å². The van der Waals surface area contributed by atoms with Crippen molar-refractivity contribution < 1.29 is 9.59 Å². The molecule has 2 aromatic carbocycles. The fraction of sp³-hybridized carbons (Fsp3) is 0.250. The number of rotatable bonds is 4. The number of nitriles is 1. The number of nitrogens with one attached hydrogen (secondary N) is 1. The zero-order valence-electron chi connectivity index (χ0n) is 14.0. The van der Waals surface area contributed by atoms with Gasteiger partial charge in [-0.2, -0.15) is 5.26 Å². The minimum atomic E-state index is -0.170. The molecule has 126 valence electrons. The molecule has 0 bridgehead atoms. The number of anilines is 1. The Labute approximate surface area is 146 Å². The van der Waals surface area contributed by atoms with Gasteiger partial charge in [-0.1, -0.05) is 12.1 Å². The molecule has 1 aliphatic heterocycles. The van der Waals surface area contributed by atoms with Crippen LogP contribution < -0.4 is 10.2 Å². The van der Waals surface area contributed by atoms with Crippen molar-refractivity contribution in [2.45, 2.75) is 25.8 Å². The molecule has 2 aromatic rings. The minimum Gasteiger partial charge on any atom is -0.346 e. The SMILES string of the molecule is CC(NC(=O)c1ccc(N2CCCC2=O)cc1)c1ccc(C#N)cc1. The lowest BCUT2D eigenvalue weighted by Gasteiger charge is -2.17. The standard InChI is InChI=1S/C20H19N3O2/c1-14(16-6-4-15(13-21)5-7-16)22-20(25)17-8-10-18(11-9-17)23-12-2-3-19(23)24/h4-11,14H,2-3,12H2,1H3,(H,22,25). The van der Waals surface area contributed by atoms with Gasteiger partial charge in [0.15, 0.2) is 0 Å². The molecule has 25 heavy (non-hydrogen) atoms. The summed E-state index contributed by atoms with van der Waals surface area (Å²) in [7, 11) is 0. The van der Waals surface area contributed by atoms with Gasteiger partial charge in [0.2, 0.25) is 5.91 Å². The molecule has 0 spiro atoms. The molecule has 1 saturated heterocycles. The van der Waals surface area contributed by atoms with Crippen molar-refractivity contribution in [1.82, 2.24) is 5.32 Å². The van der Waals surface area contributed by atoms with Gasteiger partial charge in [0.05, 0.1) is 17.7 Å². The van der Waals surface area contributed by atoms with Crippen molar-refractivity contribution in [3.8, 4) is 6.07 Å². The second-order valence-corrected chi connectivity index (χ2v) is 6.12. The topological polar surface area (TPSA) is 73.2 Å². The van der Waals surface area contributed by atoms with E-state index in [1.54, 1.807) is 29.2 Å². The first-order valence-corrected chi connectivity index (χ1v) is 8.30. The number of hydrogen-bond donors (Lipinski definition) is 1. The smallest absolute Gasteiger partial charge is 0.251 e. The third kappa shape index (κ3) is 3.69. The number of carbonyl (C=O) groups is 2. The third-order valence-corrected chi connectivity index (χ3v) is 4.40. The van der Waals surface area contributed by atoms with E-state index in [1.807, 2.05) is 31.2 Å². The van der Waals surface area contributed by atoms with Crippen LogP contribution in [0.3, 0.4) is 0 Å². The van der Waals surface area contributed by atoms with Crippen LogP contribution in [0.1, 0.15) is 47.3 Å². The quantitative estimate of drug-likeness (QED) is 0.934. The van der Waals surface area contributed by atoms with Crippen LogP contribution in [-0.2, 0) is 4.79 Å². The van der Waals surface area contributed by atoms with Gasteiger partial charge < -0.3 is 10.2 Å².